The summed E-state index contributed by atoms with van der Waals surface area (Å²) in [6, 6.07) is 5.40. The third-order valence-electron chi connectivity index (χ3n) is 2.91. The SMILES string of the molecule is O=C(c1ccccc1OC(F)(F)F)C1CCCOC1. The van der Waals surface area contributed by atoms with Crippen molar-refractivity contribution in [2.45, 2.75) is 19.2 Å². The van der Waals surface area contributed by atoms with Crippen LogP contribution in [0.25, 0.3) is 0 Å². The second-order valence-corrected chi connectivity index (χ2v) is 4.32. The zero-order valence-corrected chi connectivity index (χ0v) is 10.1. The highest BCUT2D eigenvalue weighted by atomic mass is 19.4. The zero-order chi connectivity index (χ0) is 13.9. The Morgan fingerprint density at radius 1 is 1.32 bits per heavy atom. The molecule has 0 aliphatic carbocycles. The molecular formula is C13H13F3O3. The molecule has 0 N–H and O–H groups in total. The number of rotatable bonds is 3. The lowest BCUT2D eigenvalue weighted by molar-refractivity contribution is -0.274. The van der Waals surface area contributed by atoms with Crippen molar-refractivity contribution >= 4 is 5.78 Å². The number of para-hydroxylation sites is 1. The van der Waals surface area contributed by atoms with Gasteiger partial charge in [0.05, 0.1) is 12.2 Å². The summed E-state index contributed by atoms with van der Waals surface area (Å²) in [5.74, 6) is -1.21. The summed E-state index contributed by atoms with van der Waals surface area (Å²) >= 11 is 0. The van der Waals surface area contributed by atoms with Crippen LogP contribution in [0, 0.1) is 5.92 Å². The second-order valence-electron chi connectivity index (χ2n) is 4.32. The average Bonchev–Trinajstić information content (AvgIpc) is 2.38. The highest BCUT2D eigenvalue weighted by molar-refractivity contribution is 6.00. The molecule has 1 aliphatic rings. The fourth-order valence-electron chi connectivity index (χ4n) is 2.05. The van der Waals surface area contributed by atoms with Crippen LogP contribution in [0.15, 0.2) is 24.3 Å². The lowest BCUT2D eigenvalue weighted by Gasteiger charge is -2.22. The number of hydrogen-bond donors (Lipinski definition) is 0. The third-order valence-corrected chi connectivity index (χ3v) is 2.91. The molecule has 3 nitrogen and oxygen atoms in total. The van der Waals surface area contributed by atoms with Gasteiger partial charge in [0.2, 0.25) is 0 Å². The van der Waals surface area contributed by atoms with Gasteiger partial charge in [-0.2, -0.15) is 0 Å². The lowest BCUT2D eigenvalue weighted by Crippen LogP contribution is -2.26. The number of carbonyl (C=O) groups excluding carboxylic acids is 1. The maximum atomic E-state index is 12.3. The van der Waals surface area contributed by atoms with E-state index in [4.69, 9.17) is 4.74 Å². The second kappa shape index (κ2) is 5.61. The molecule has 0 aromatic heterocycles. The minimum Gasteiger partial charge on any atom is -0.405 e. The fourth-order valence-corrected chi connectivity index (χ4v) is 2.05. The van der Waals surface area contributed by atoms with Gasteiger partial charge in [0.1, 0.15) is 5.75 Å². The van der Waals surface area contributed by atoms with Gasteiger partial charge in [0.15, 0.2) is 5.78 Å². The van der Waals surface area contributed by atoms with E-state index in [0.717, 1.165) is 12.5 Å². The molecule has 0 saturated carbocycles. The van der Waals surface area contributed by atoms with E-state index in [1.807, 2.05) is 0 Å². The van der Waals surface area contributed by atoms with Crippen LogP contribution in [0.1, 0.15) is 23.2 Å². The molecule has 1 fully saturated rings. The largest absolute Gasteiger partial charge is 0.573 e. The van der Waals surface area contributed by atoms with Crippen molar-refractivity contribution in [3.05, 3.63) is 29.8 Å². The van der Waals surface area contributed by atoms with Gasteiger partial charge in [-0.25, -0.2) is 0 Å². The van der Waals surface area contributed by atoms with E-state index >= 15 is 0 Å². The van der Waals surface area contributed by atoms with Gasteiger partial charge in [-0.1, -0.05) is 12.1 Å². The molecule has 1 heterocycles. The van der Waals surface area contributed by atoms with E-state index in [9.17, 15) is 18.0 Å². The Balaban J connectivity index is 2.21. The van der Waals surface area contributed by atoms with Crippen LogP contribution >= 0.6 is 0 Å². The number of Topliss-reactive ketones (excluding diaryl/α,β-unsaturated/α-hetero) is 1. The molecular weight excluding hydrogens is 261 g/mol. The summed E-state index contributed by atoms with van der Waals surface area (Å²) in [6.45, 7) is 0.837. The summed E-state index contributed by atoms with van der Waals surface area (Å²) in [7, 11) is 0. The van der Waals surface area contributed by atoms with Gasteiger partial charge in [-0.3, -0.25) is 4.79 Å². The summed E-state index contributed by atoms with van der Waals surface area (Å²) in [5.41, 5.74) is -0.0460. The fraction of sp³-hybridized carbons (Fsp3) is 0.462. The topological polar surface area (TPSA) is 35.5 Å². The van der Waals surface area contributed by atoms with Gasteiger partial charge < -0.3 is 9.47 Å². The van der Waals surface area contributed by atoms with E-state index < -0.39 is 18.0 Å². The van der Waals surface area contributed by atoms with Crippen molar-refractivity contribution in [1.29, 1.82) is 0 Å². The molecule has 0 radical (unpaired) electrons. The molecule has 19 heavy (non-hydrogen) atoms. The monoisotopic (exact) mass is 274 g/mol. The van der Waals surface area contributed by atoms with Crippen LogP contribution in [0.5, 0.6) is 5.75 Å². The molecule has 6 heteroatoms. The summed E-state index contributed by atoms with van der Waals surface area (Å²) in [4.78, 5) is 12.2. The predicted octanol–water partition coefficient (Wildman–Crippen LogP) is 3.19. The Bertz CT molecular complexity index is 451. The molecule has 1 unspecified atom stereocenters. The Labute approximate surface area is 108 Å². The van der Waals surface area contributed by atoms with E-state index in [1.54, 1.807) is 0 Å². The summed E-state index contributed by atoms with van der Waals surface area (Å²) in [6.07, 6.45) is -3.45. The first kappa shape index (κ1) is 13.9. The van der Waals surface area contributed by atoms with Crippen LogP contribution in [0.3, 0.4) is 0 Å². The molecule has 1 aromatic carbocycles. The Morgan fingerprint density at radius 2 is 2.05 bits per heavy atom. The van der Waals surface area contributed by atoms with Crippen LogP contribution in [0.4, 0.5) is 13.2 Å². The molecule has 1 atom stereocenters. The molecule has 0 spiro atoms. The molecule has 0 bridgehead atoms. The predicted molar refractivity (Wildman–Crippen MR) is 61.0 cm³/mol. The van der Waals surface area contributed by atoms with Crippen LogP contribution < -0.4 is 4.74 Å². The number of alkyl halides is 3. The van der Waals surface area contributed by atoms with Crippen molar-refractivity contribution in [1.82, 2.24) is 0 Å². The lowest BCUT2D eigenvalue weighted by atomic mass is 9.92. The Hall–Kier alpha value is -1.56. The van der Waals surface area contributed by atoms with Gasteiger partial charge in [0, 0.05) is 12.5 Å². The molecule has 1 aliphatic heterocycles. The summed E-state index contributed by atoms with van der Waals surface area (Å²) in [5, 5.41) is 0. The van der Waals surface area contributed by atoms with E-state index in [0.29, 0.717) is 13.0 Å². The first-order chi connectivity index (χ1) is 8.97. The maximum Gasteiger partial charge on any atom is 0.573 e. The number of ketones is 1. The molecule has 2 rings (SSSR count). The van der Waals surface area contributed by atoms with Crippen LogP contribution in [0.2, 0.25) is 0 Å². The van der Waals surface area contributed by atoms with Crippen LogP contribution in [-0.4, -0.2) is 25.4 Å². The van der Waals surface area contributed by atoms with Gasteiger partial charge in [-0.15, -0.1) is 13.2 Å². The minimum absolute atomic E-state index is 0.0460. The highest BCUT2D eigenvalue weighted by Crippen LogP contribution is 2.29. The number of benzene rings is 1. The molecule has 1 aromatic rings. The van der Waals surface area contributed by atoms with E-state index in [-0.39, 0.29) is 18.0 Å². The zero-order valence-electron chi connectivity index (χ0n) is 10.1. The Kier molecular flexibility index (Phi) is 4.09. The van der Waals surface area contributed by atoms with E-state index in [1.165, 1.54) is 18.2 Å². The average molecular weight is 274 g/mol. The number of ether oxygens (including phenoxy) is 2. The quantitative estimate of drug-likeness (QED) is 0.794. The van der Waals surface area contributed by atoms with Crippen molar-refractivity contribution in [3.8, 4) is 5.75 Å². The van der Waals surface area contributed by atoms with Crippen LogP contribution in [-0.2, 0) is 4.74 Å². The highest BCUT2D eigenvalue weighted by Gasteiger charge is 2.34. The number of hydrogen-bond acceptors (Lipinski definition) is 3. The number of halogens is 3. The first-order valence-electron chi connectivity index (χ1n) is 5.94. The normalized spacial score (nSPS) is 20.1. The third kappa shape index (κ3) is 3.70. The Morgan fingerprint density at radius 3 is 2.68 bits per heavy atom. The number of carbonyl (C=O) groups is 1. The molecule has 1 saturated heterocycles. The van der Waals surface area contributed by atoms with E-state index in [2.05, 4.69) is 4.74 Å². The smallest absolute Gasteiger partial charge is 0.405 e. The van der Waals surface area contributed by atoms with Gasteiger partial charge in [-0.05, 0) is 25.0 Å². The van der Waals surface area contributed by atoms with Crippen molar-refractivity contribution in [3.63, 3.8) is 0 Å². The van der Waals surface area contributed by atoms with Crippen molar-refractivity contribution in [2.75, 3.05) is 13.2 Å². The van der Waals surface area contributed by atoms with Gasteiger partial charge >= 0.3 is 6.36 Å². The summed E-state index contributed by atoms with van der Waals surface area (Å²) < 4.78 is 45.9. The minimum atomic E-state index is -4.81. The van der Waals surface area contributed by atoms with Crippen molar-refractivity contribution < 1.29 is 27.4 Å². The molecule has 0 amide bonds. The first-order valence-corrected chi connectivity index (χ1v) is 5.94. The van der Waals surface area contributed by atoms with Gasteiger partial charge in [0.25, 0.3) is 0 Å². The maximum absolute atomic E-state index is 12.3. The molecule has 104 valence electrons. The van der Waals surface area contributed by atoms with Crippen molar-refractivity contribution in [2.24, 2.45) is 5.92 Å². The standard InChI is InChI=1S/C13H13F3O3/c14-13(15,16)19-11-6-2-1-5-10(11)12(17)9-4-3-7-18-8-9/h1-2,5-6,9H,3-4,7-8H2.